The molecule has 0 bridgehead atoms. The summed E-state index contributed by atoms with van der Waals surface area (Å²) in [5.41, 5.74) is 2.88. The van der Waals surface area contributed by atoms with E-state index in [1.807, 2.05) is 41.8 Å². The molecule has 1 N–H and O–H groups in total. The van der Waals surface area contributed by atoms with Crippen LogP contribution in [0.4, 0.5) is 0 Å². The normalized spacial score (nSPS) is 10.8. The van der Waals surface area contributed by atoms with Gasteiger partial charge in [-0.05, 0) is 24.6 Å². The molecule has 0 unspecified atom stereocenters. The van der Waals surface area contributed by atoms with Gasteiger partial charge >= 0.3 is 0 Å². The van der Waals surface area contributed by atoms with Crippen LogP contribution in [0.5, 0.6) is 5.75 Å². The van der Waals surface area contributed by atoms with Crippen molar-refractivity contribution in [3.8, 4) is 22.8 Å². The fraction of sp³-hybridized carbons (Fsp3) is 0.125. The zero-order chi connectivity index (χ0) is 14.8. The largest absolute Gasteiger partial charge is 0.508 e. The van der Waals surface area contributed by atoms with E-state index in [1.54, 1.807) is 18.2 Å². The number of halogens is 1. The lowest BCUT2D eigenvalue weighted by molar-refractivity contribution is 0.475. The first-order valence-corrected chi connectivity index (χ1v) is 7.10. The van der Waals surface area contributed by atoms with Crippen LogP contribution in [-0.2, 0) is 5.88 Å². The van der Waals surface area contributed by atoms with Crippen molar-refractivity contribution in [3.05, 3.63) is 59.9 Å². The van der Waals surface area contributed by atoms with Gasteiger partial charge in [0.05, 0.1) is 11.6 Å². The van der Waals surface area contributed by atoms with Crippen LogP contribution in [0.3, 0.4) is 0 Å². The summed E-state index contributed by atoms with van der Waals surface area (Å²) in [5, 5.41) is 18.1. The highest BCUT2D eigenvalue weighted by atomic mass is 35.5. The van der Waals surface area contributed by atoms with Crippen molar-refractivity contribution in [2.75, 3.05) is 0 Å². The van der Waals surface area contributed by atoms with Crippen molar-refractivity contribution in [2.24, 2.45) is 0 Å². The minimum Gasteiger partial charge on any atom is -0.508 e. The maximum atomic E-state index is 9.70. The molecular weight excluding hydrogens is 286 g/mol. The molecule has 0 saturated carbocycles. The fourth-order valence-corrected chi connectivity index (χ4v) is 2.48. The third-order valence-electron chi connectivity index (χ3n) is 3.32. The second-order valence-electron chi connectivity index (χ2n) is 4.74. The zero-order valence-corrected chi connectivity index (χ0v) is 12.2. The maximum Gasteiger partial charge on any atom is 0.168 e. The van der Waals surface area contributed by atoms with Crippen LogP contribution < -0.4 is 0 Å². The fourth-order valence-electron chi connectivity index (χ4n) is 2.30. The van der Waals surface area contributed by atoms with Gasteiger partial charge in [-0.1, -0.05) is 30.3 Å². The Balaban J connectivity index is 2.24. The number of hydrogen-bond acceptors (Lipinski definition) is 3. The average Bonchev–Trinajstić information content (AvgIpc) is 2.91. The van der Waals surface area contributed by atoms with Gasteiger partial charge in [-0.2, -0.15) is 0 Å². The summed E-state index contributed by atoms with van der Waals surface area (Å²) in [7, 11) is 0. The number of benzene rings is 2. The third kappa shape index (κ3) is 2.50. The number of hydrogen-bond donors (Lipinski definition) is 1. The van der Waals surface area contributed by atoms with Crippen molar-refractivity contribution in [1.29, 1.82) is 0 Å². The van der Waals surface area contributed by atoms with Gasteiger partial charge in [-0.15, -0.1) is 21.8 Å². The number of nitrogens with zero attached hydrogens (tertiary/aromatic N) is 3. The molecule has 3 aromatic rings. The van der Waals surface area contributed by atoms with Crippen LogP contribution in [0.25, 0.3) is 17.1 Å². The van der Waals surface area contributed by atoms with Crippen molar-refractivity contribution < 1.29 is 5.11 Å². The van der Waals surface area contributed by atoms with Crippen molar-refractivity contribution in [1.82, 2.24) is 14.8 Å². The molecule has 0 spiro atoms. The molecule has 3 rings (SSSR count). The van der Waals surface area contributed by atoms with Gasteiger partial charge in [-0.25, -0.2) is 0 Å². The minimum absolute atomic E-state index is 0.192. The number of rotatable bonds is 3. The Kier molecular flexibility index (Phi) is 3.62. The smallest absolute Gasteiger partial charge is 0.168 e. The molecule has 106 valence electrons. The van der Waals surface area contributed by atoms with E-state index in [0.717, 1.165) is 16.8 Å². The SMILES string of the molecule is Cc1ccccc1-c1nnc(CCl)n1-c1cccc(O)c1. The second-order valence-corrected chi connectivity index (χ2v) is 5.01. The van der Waals surface area contributed by atoms with Gasteiger partial charge in [0.2, 0.25) is 0 Å². The van der Waals surface area contributed by atoms with E-state index in [2.05, 4.69) is 10.2 Å². The highest BCUT2D eigenvalue weighted by Crippen LogP contribution is 2.27. The Morgan fingerprint density at radius 1 is 1.10 bits per heavy atom. The predicted octanol–water partition coefficient (Wildman–Crippen LogP) is 3.69. The van der Waals surface area contributed by atoms with Gasteiger partial charge in [-0.3, -0.25) is 4.57 Å². The molecule has 1 heterocycles. The number of aromatic nitrogens is 3. The summed E-state index contributed by atoms with van der Waals surface area (Å²) < 4.78 is 1.87. The molecule has 0 radical (unpaired) electrons. The second kappa shape index (κ2) is 5.58. The predicted molar refractivity (Wildman–Crippen MR) is 82.8 cm³/mol. The van der Waals surface area contributed by atoms with Crippen molar-refractivity contribution >= 4 is 11.6 Å². The first kappa shape index (κ1) is 13.6. The molecule has 0 aliphatic heterocycles. The zero-order valence-electron chi connectivity index (χ0n) is 11.5. The highest BCUT2D eigenvalue weighted by molar-refractivity contribution is 6.16. The molecule has 4 nitrogen and oxygen atoms in total. The van der Waals surface area contributed by atoms with E-state index in [1.165, 1.54) is 0 Å². The number of alkyl halides is 1. The van der Waals surface area contributed by atoms with E-state index in [9.17, 15) is 5.11 Å². The Morgan fingerprint density at radius 3 is 2.62 bits per heavy atom. The summed E-state index contributed by atoms with van der Waals surface area (Å²) in [5.74, 6) is 1.79. The monoisotopic (exact) mass is 299 g/mol. The van der Waals surface area contributed by atoms with Crippen molar-refractivity contribution in [2.45, 2.75) is 12.8 Å². The number of aryl methyl sites for hydroxylation is 1. The lowest BCUT2D eigenvalue weighted by atomic mass is 10.1. The standard InChI is InChI=1S/C16H14ClN3O/c1-11-5-2-3-8-14(11)16-19-18-15(10-17)20(16)12-6-4-7-13(21)9-12/h2-9,21H,10H2,1H3. The number of phenolic OH excluding ortho intramolecular Hbond substituents is 1. The Morgan fingerprint density at radius 2 is 1.90 bits per heavy atom. The van der Waals surface area contributed by atoms with Gasteiger partial charge in [0.15, 0.2) is 11.6 Å². The van der Waals surface area contributed by atoms with E-state index in [4.69, 9.17) is 11.6 Å². The quantitative estimate of drug-likeness (QED) is 0.750. The Hall–Kier alpha value is -2.33. The van der Waals surface area contributed by atoms with Crippen LogP contribution in [0, 0.1) is 6.92 Å². The molecule has 5 heteroatoms. The molecule has 0 saturated heterocycles. The van der Waals surface area contributed by atoms with Crippen LogP contribution in [-0.4, -0.2) is 19.9 Å². The molecule has 0 atom stereocenters. The van der Waals surface area contributed by atoms with Gasteiger partial charge in [0, 0.05) is 11.6 Å². The Labute approximate surface area is 127 Å². The Bertz CT molecular complexity index is 783. The minimum atomic E-state index is 0.192. The first-order chi connectivity index (χ1) is 10.2. The number of aromatic hydroxyl groups is 1. The topological polar surface area (TPSA) is 50.9 Å². The van der Waals surface area contributed by atoms with Crippen molar-refractivity contribution in [3.63, 3.8) is 0 Å². The van der Waals surface area contributed by atoms with Crippen LogP contribution in [0.1, 0.15) is 11.4 Å². The van der Waals surface area contributed by atoms with E-state index < -0.39 is 0 Å². The summed E-state index contributed by atoms with van der Waals surface area (Å²) in [4.78, 5) is 0. The van der Waals surface area contributed by atoms with Crippen LogP contribution in [0.2, 0.25) is 0 Å². The summed E-state index contributed by atoms with van der Waals surface area (Å²) in [6, 6.07) is 14.9. The highest BCUT2D eigenvalue weighted by Gasteiger charge is 2.16. The lowest BCUT2D eigenvalue weighted by Crippen LogP contribution is -2.02. The summed E-state index contributed by atoms with van der Waals surface area (Å²) in [6.07, 6.45) is 0. The van der Waals surface area contributed by atoms with Crippen LogP contribution >= 0.6 is 11.6 Å². The average molecular weight is 300 g/mol. The lowest BCUT2D eigenvalue weighted by Gasteiger charge is -2.11. The first-order valence-electron chi connectivity index (χ1n) is 6.56. The molecule has 21 heavy (non-hydrogen) atoms. The molecule has 0 aliphatic rings. The third-order valence-corrected chi connectivity index (χ3v) is 3.56. The number of phenols is 1. The molecule has 2 aromatic carbocycles. The van der Waals surface area contributed by atoms with Gasteiger partial charge < -0.3 is 5.11 Å². The molecule has 1 aromatic heterocycles. The summed E-state index contributed by atoms with van der Waals surface area (Å²) in [6.45, 7) is 2.02. The summed E-state index contributed by atoms with van der Waals surface area (Å²) >= 11 is 5.98. The van der Waals surface area contributed by atoms with Crippen LogP contribution in [0.15, 0.2) is 48.5 Å². The molecular formula is C16H14ClN3O. The molecule has 0 amide bonds. The van der Waals surface area contributed by atoms with Gasteiger partial charge in [0.1, 0.15) is 5.75 Å². The molecule has 0 fully saturated rings. The molecule has 0 aliphatic carbocycles. The van der Waals surface area contributed by atoms with E-state index >= 15 is 0 Å². The van der Waals surface area contributed by atoms with E-state index in [-0.39, 0.29) is 11.6 Å². The van der Waals surface area contributed by atoms with E-state index in [0.29, 0.717) is 11.6 Å². The maximum absolute atomic E-state index is 9.70. The van der Waals surface area contributed by atoms with Gasteiger partial charge in [0.25, 0.3) is 0 Å².